The van der Waals surface area contributed by atoms with Gasteiger partial charge in [0.1, 0.15) is 16.7 Å². The largest absolute Gasteiger partial charge is 0.456 e. The molecule has 0 saturated carbocycles. The molecule has 4 heteroatoms. The summed E-state index contributed by atoms with van der Waals surface area (Å²) in [6.45, 7) is 0. The zero-order valence-electron chi connectivity index (χ0n) is 31.3. The van der Waals surface area contributed by atoms with E-state index in [0.29, 0.717) is 0 Å². The highest BCUT2D eigenvalue weighted by Gasteiger charge is 2.26. The Morgan fingerprint density at radius 3 is 1.81 bits per heavy atom. The molecule has 0 aliphatic heterocycles. The van der Waals surface area contributed by atoms with Gasteiger partial charge in [0.05, 0.1) is 27.8 Å². The summed E-state index contributed by atoms with van der Waals surface area (Å²) in [5.74, 6) is 0. The van der Waals surface area contributed by atoms with Gasteiger partial charge in [-0.25, -0.2) is 0 Å². The number of hydrogen-bond acceptors (Lipinski definition) is 3. The van der Waals surface area contributed by atoms with Gasteiger partial charge < -0.3 is 18.3 Å². The van der Waals surface area contributed by atoms with E-state index in [-0.39, 0.29) is 0 Å². The average Bonchev–Trinajstić information content (AvgIpc) is 3.97. The Balaban J connectivity index is 1.19. The molecule has 3 aromatic heterocycles. The lowest BCUT2D eigenvalue weighted by Crippen LogP contribution is -2.11. The predicted octanol–water partition coefficient (Wildman–Crippen LogP) is 15.4. The smallest absolute Gasteiger partial charge is 0.159 e. The number of para-hydroxylation sites is 5. The van der Waals surface area contributed by atoms with Crippen LogP contribution in [0.3, 0.4) is 0 Å². The van der Waals surface area contributed by atoms with Crippen molar-refractivity contribution in [3.05, 3.63) is 206 Å². The second kappa shape index (κ2) is 12.9. The van der Waals surface area contributed by atoms with E-state index in [1.165, 1.54) is 21.9 Å². The van der Waals surface area contributed by atoms with Gasteiger partial charge in [0.15, 0.2) is 5.58 Å². The third-order valence-electron chi connectivity index (χ3n) is 11.6. The first-order valence-electron chi connectivity index (χ1n) is 19.7. The Morgan fingerprint density at radius 2 is 1.00 bits per heavy atom. The van der Waals surface area contributed by atoms with E-state index in [2.05, 4.69) is 198 Å². The van der Waals surface area contributed by atoms with E-state index in [4.69, 9.17) is 8.83 Å². The SMILES string of the molecule is c1ccc(-c2ccc(N(c3cc(-c4cccc5c6ccccc6n(-c6ccccc6)c45)cc4c3oc3ccccc34)c3cccc4oc5ccccc5c34)cc2)cc1. The van der Waals surface area contributed by atoms with Crippen LogP contribution in [0, 0.1) is 0 Å². The lowest BCUT2D eigenvalue weighted by Gasteiger charge is -2.27. The van der Waals surface area contributed by atoms with Crippen molar-refractivity contribution in [3.63, 3.8) is 0 Å². The summed E-state index contributed by atoms with van der Waals surface area (Å²) in [5.41, 5.74) is 14.3. The fourth-order valence-corrected chi connectivity index (χ4v) is 9.01. The maximum atomic E-state index is 6.93. The molecule has 0 aliphatic rings. The molecule has 58 heavy (non-hydrogen) atoms. The average molecular weight is 743 g/mol. The molecule has 0 saturated heterocycles. The van der Waals surface area contributed by atoms with Crippen LogP contribution in [-0.2, 0) is 0 Å². The van der Waals surface area contributed by atoms with Gasteiger partial charge in [-0.15, -0.1) is 0 Å². The fourth-order valence-electron chi connectivity index (χ4n) is 9.01. The highest BCUT2D eigenvalue weighted by Crippen LogP contribution is 2.49. The van der Waals surface area contributed by atoms with Gasteiger partial charge in [-0.3, -0.25) is 0 Å². The van der Waals surface area contributed by atoms with Crippen LogP contribution < -0.4 is 4.90 Å². The Bertz CT molecular complexity index is 3500. The molecule has 0 N–H and O–H groups in total. The van der Waals surface area contributed by atoms with Crippen LogP contribution >= 0.6 is 0 Å². The Kier molecular flexibility index (Phi) is 7.20. The standard InChI is InChI=1S/C54H34N2O2/c1-3-15-35(16-4-1)36-29-31-39(32-30-36)55(47-25-14-28-51-52(47)44-21-9-12-27-50(44)57-51)48-34-37(33-45-42-20-8-11-26-49(42)58-54(45)48)40-22-13-23-43-41-19-7-10-24-46(41)56(53(40)43)38-17-5-2-6-18-38/h1-34H. The number of aromatic nitrogens is 1. The number of rotatable bonds is 6. The number of fused-ring (bicyclic) bond motifs is 9. The van der Waals surface area contributed by atoms with E-state index in [1.807, 2.05) is 18.2 Å². The first kappa shape index (κ1) is 32.4. The van der Waals surface area contributed by atoms with Gasteiger partial charge >= 0.3 is 0 Å². The second-order valence-electron chi connectivity index (χ2n) is 14.9. The predicted molar refractivity (Wildman–Crippen MR) is 241 cm³/mol. The summed E-state index contributed by atoms with van der Waals surface area (Å²) in [7, 11) is 0. The van der Waals surface area contributed by atoms with Crippen LogP contribution in [0.4, 0.5) is 17.1 Å². The van der Waals surface area contributed by atoms with Gasteiger partial charge in [-0.2, -0.15) is 0 Å². The molecule has 0 radical (unpaired) electrons. The van der Waals surface area contributed by atoms with Crippen LogP contribution in [0.25, 0.3) is 93.6 Å². The quantitative estimate of drug-likeness (QED) is 0.170. The zero-order chi connectivity index (χ0) is 38.2. The van der Waals surface area contributed by atoms with Gasteiger partial charge in [-0.05, 0) is 83.4 Å². The van der Waals surface area contributed by atoms with E-state index in [0.717, 1.165) is 88.8 Å². The highest BCUT2D eigenvalue weighted by molar-refractivity contribution is 6.19. The van der Waals surface area contributed by atoms with Gasteiger partial charge in [0.25, 0.3) is 0 Å². The van der Waals surface area contributed by atoms with Gasteiger partial charge in [-0.1, -0.05) is 140 Å². The molecule has 3 heterocycles. The Labute approximate surface area is 334 Å². The van der Waals surface area contributed by atoms with Crippen LogP contribution in [0.2, 0.25) is 0 Å². The third kappa shape index (κ3) is 4.95. The molecule has 272 valence electrons. The number of benzene rings is 9. The first-order valence-corrected chi connectivity index (χ1v) is 19.7. The van der Waals surface area contributed by atoms with E-state index >= 15 is 0 Å². The molecule has 0 aliphatic carbocycles. The molecule has 0 bridgehead atoms. The van der Waals surface area contributed by atoms with Crippen molar-refractivity contribution in [2.45, 2.75) is 0 Å². The Hall–Kier alpha value is -7.82. The summed E-state index contributed by atoms with van der Waals surface area (Å²) in [4.78, 5) is 2.36. The number of hydrogen-bond donors (Lipinski definition) is 0. The molecule has 0 atom stereocenters. The topological polar surface area (TPSA) is 34.5 Å². The summed E-state index contributed by atoms with van der Waals surface area (Å²) in [6.07, 6.45) is 0. The van der Waals surface area contributed by atoms with Crippen molar-refractivity contribution >= 4 is 82.7 Å². The van der Waals surface area contributed by atoms with Gasteiger partial charge in [0, 0.05) is 43.9 Å². The fraction of sp³-hybridized carbons (Fsp3) is 0. The summed E-state index contributed by atoms with van der Waals surface area (Å²) >= 11 is 0. The van der Waals surface area contributed by atoms with Crippen molar-refractivity contribution in [1.82, 2.24) is 4.57 Å². The minimum atomic E-state index is 0.817. The molecule has 12 rings (SSSR count). The van der Waals surface area contributed by atoms with Crippen LogP contribution in [0.5, 0.6) is 0 Å². The molecular formula is C54H34N2O2. The molecule has 0 spiro atoms. The second-order valence-corrected chi connectivity index (χ2v) is 14.9. The Morgan fingerprint density at radius 1 is 0.379 bits per heavy atom. The minimum absolute atomic E-state index is 0.817. The van der Waals surface area contributed by atoms with Crippen molar-refractivity contribution in [1.29, 1.82) is 0 Å². The van der Waals surface area contributed by atoms with Crippen LogP contribution in [-0.4, -0.2) is 4.57 Å². The molecule has 0 fully saturated rings. The zero-order valence-corrected chi connectivity index (χ0v) is 31.3. The molecule has 0 unspecified atom stereocenters. The number of furan rings is 2. The molecule has 0 amide bonds. The first-order chi connectivity index (χ1) is 28.8. The minimum Gasteiger partial charge on any atom is -0.456 e. The van der Waals surface area contributed by atoms with Crippen molar-refractivity contribution < 1.29 is 8.83 Å². The van der Waals surface area contributed by atoms with E-state index in [1.54, 1.807) is 0 Å². The maximum absolute atomic E-state index is 6.93. The highest BCUT2D eigenvalue weighted by atomic mass is 16.3. The lowest BCUT2D eigenvalue weighted by molar-refractivity contribution is 0.668. The van der Waals surface area contributed by atoms with Crippen LogP contribution in [0.15, 0.2) is 215 Å². The van der Waals surface area contributed by atoms with E-state index in [9.17, 15) is 0 Å². The monoisotopic (exact) mass is 742 g/mol. The number of nitrogens with zero attached hydrogens (tertiary/aromatic N) is 2. The molecule has 9 aromatic carbocycles. The van der Waals surface area contributed by atoms with Crippen molar-refractivity contribution in [2.24, 2.45) is 0 Å². The maximum Gasteiger partial charge on any atom is 0.159 e. The van der Waals surface area contributed by atoms with Crippen molar-refractivity contribution in [3.8, 4) is 27.9 Å². The lowest BCUT2D eigenvalue weighted by atomic mass is 9.97. The van der Waals surface area contributed by atoms with E-state index < -0.39 is 0 Å². The van der Waals surface area contributed by atoms with Crippen LogP contribution in [0.1, 0.15) is 0 Å². The summed E-state index contributed by atoms with van der Waals surface area (Å²) in [5, 5.41) is 6.66. The summed E-state index contributed by atoms with van der Waals surface area (Å²) in [6, 6.07) is 73.2. The van der Waals surface area contributed by atoms with Gasteiger partial charge in [0.2, 0.25) is 0 Å². The number of anilines is 3. The normalized spacial score (nSPS) is 11.8. The third-order valence-corrected chi connectivity index (χ3v) is 11.6. The van der Waals surface area contributed by atoms with Crippen molar-refractivity contribution in [2.75, 3.05) is 4.90 Å². The molecular weight excluding hydrogens is 709 g/mol. The summed E-state index contributed by atoms with van der Waals surface area (Å²) < 4.78 is 15.8. The molecule has 4 nitrogen and oxygen atoms in total. The molecule has 12 aromatic rings.